The summed E-state index contributed by atoms with van der Waals surface area (Å²) >= 11 is 5.86. The average molecular weight is 351 g/mol. The summed E-state index contributed by atoms with van der Waals surface area (Å²) in [7, 11) is 0. The fourth-order valence-corrected chi connectivity index (χ4v) is 2.35. The summed E-state index contributed by atoms with van der Waals surface area (Å²) in [4.78, 5) is 16.6. The van der Waals surface area contributed by atoms with Crippen LogP contribution in [0.4, 0.5) is 11.4 Å². The number of halogens is 1. The number of rotatable bonds is 4. The normalized spacial score (nSPS) is 10.8. The van der Waals surface area contributed by atoms with E-state index in [0.29, 0.717) is 16.4 Å². The molecule has 3 aromatic carbocycles. The first-order chi connectivity index (χ1) is 12.1. The zero-order chi connectivity index (χ0) is 17.6. The molecule has 0 aliphatic carbocycles. The van der Waals surface area contributed by atoms with Crippen molar-refractivity contribution in [3.8, 4) is 5.75 Å². The highest BCUT2D eigenvalue weighted by Crippen LogP contribution is 2.21. The lowest BCUT2D eigenvalue weighted by atomic mass is 10.2. The molecule has 1 amide bonds. The van der Waals surface area contributed by atoms with Gasteiger partial charge in [0.1, 0.15) is 5.75 Å². The van der Waals surface area contributed by atoms with E-state index in [4.69, 9.17) is 11.6 Å². The molecule has 0 aromatic heterocycles. The quantitative estimate of drug-likeness (QED) is 0.647. The van der Waals surface area contributed by atoms with Gasteiger partial charge in [0.15, 0.2) is 0 Å². The van der Waals surface area contributed by atoms with E-state index in [1.54, 1.807) is 54.7 Å². The smallest absolute Gasteiger partial charge is 0.259 e. The molecule has 0 fully saturated rings. The lowest BCUT2D eigenvalue weighted by molar-refractivity contribution is 0.102. The van der Waals surface area contributed by atoms with E-state index in [2.05, 4.69) is 10.3 Å². The van der Waals surface area contributed by atoms with Crippen LogP contribution in [0.2, 0.25) is 5.02 Å². The highest BCUT2D eigenvalue weighted by Gasteiger charge is 2.10. The number of nitrogens with zero attached hydrogens (tertiary/aromatic N) is 1. The molecule has 5 heteroatoms. The van der Waals surface area contributed by atoms with Crippen LogP contribution in [-0.2, 0) is 0 Å². The van der Waals surface area contributed by atoms with E-state index in [0.717, 1.165) is 5.56 Å². The maximum absolute atomic E-state index is 12.2. The summed E-state index contributed by atoms with van der Waals surface area (Å²) in [6.45, 7) is 0. The predicted octanol–water partition coefficient (Wildman–Crippen LogP) is 5.05. The number of anilines is 1. The summed E-state index contributed by atoms with van der Waals surface area (Å²) in [6, 6.07) is 20.9. The van der Waals surface area contributed by atoms with Crippen LogP contribution in [0.25, 0.3) is 0 Å². The number of hydrogen-bond acceptors (Lipinski definition) is 3. The van der Waals surface area contributed by atoms with Gasteiger partial charge < -0.3 is 10.4 Å². The number of aromatic hydroxyl groups is 1. The number of aliphatic imine (C=N–C) groups is 1. The molecule has 3 aromatic rings. The minimum atomic E-state index is -0.378. The molecule has 0 heterocycles. The van der Waals surface area contributed by atoms with E-state index in [1.165, 1.54) is 6.07 Å². The van der Waals surface area contributed by atoms with Crippen LogP contribution in [0.5, 0.6) is 5.75 Å². The lowest BCUT2D eigenvalue weighted by Crippen LogP contribution is -2.11. The summed E-state index contributed by atoms with van der Waals surface area (Å²) in [5.74, 6) is -0.436. The molecule has 2 N–H and O–H groups in total. The number of phenolic OH excluding ortho intramolecular Hbond substituents is 1. The fourth-order valence-electron chi connectivity index (χ4n) is 2.23. The van der Waals surface area contributed by atoms with Gasteiger partial charge in [-0.2, -0.15) is 0 Å². The van der Waals surface area contributed by atoms with E-state index in [9.17, 15) is 9.90 Å². The van der Waals surface area contributed by atoms with Crippen LogP contribution in [0, 0.1) is 0 Å². The van der Waals surface area contributed by atoms with Gasteiger partial charge in [0.25, 0.3) is 5.91 Å². The first-order valence-electron chi connectivity index (χ1n) is 7.61. The molecule has 0 atom stereocenters. The highest BCUT2D eigenvalue weighted by atomic mass is 35.5. The van der Waals surface area contributed by atoms with Crippen molar-refractivity contribution >= 4 is 35.1 Å². The van der Waals surface area contributed by atoms with Crippen LogP contribution in [-0.4, -0.2) is 17.2 Å². The van der Waals surface area contributed by atoms with E-state index in [-0.39, 0.29) is 17.2 Å². The predicted molar refractivity (Wildman–Crippen MR) is 101 cm³/mol. The maximum Gasteiger partial charge on any atom is 0.259 e. The van der Waals surface area contributed by atoms with Crippen molar-refractivity contribution < 1.29 is 9.90 Å². The maximum atomic E-state index is 12.2. The third-order valence-corrected chi connectivity index (χ3v) is 3.74. The summed E-state index contributed by atoms with van der Waals surface area (Å²) < 4.78 is 0. The minimum Gasteiger partial charge on any atom is -0.507 e. The van der Waals surface area contributed by atoms with Gasteiger partial charge in [-0.1, -0.05) is 41.9 Å². The molecule has 0 unspecified atom stereocenters. The Kier molecular flexibility index (Phi) is 5.11. The summed E-state index contributed by atoms with van der Waals surface area (Å²) in [5, 5.41) is 13.2. The summed E-state index contributed by atoms with van der Waals surface area (Å²) in [6.07, 6.45) is 1.72. The minimum absolute atomic E-state index is 0.0584. The molecule has 124 valence electrons. The second-order valence-electron chi connectivity index (χ2n) is 5.33. The third-order valence-electron chi connectivity index (χ3n) is 3.49. The van der Waals surface area contributed by atoms with E-state index < -0.39 is 0 Å². The largest absolute Gasteiger partial charge is 0.507 e. The van der Waals surface area contributed by atoms with Gasteiger partial charge in [-0.25, -0.2) is 0 Å². The molecular formula is C20H15ClN2O2. The number of phenols is 1. The SMILES string of the molecule is O=C(Nc1cccc(N=Cc2ccc(Cl)cc2)c1)c1ccccc1O. The number of benzene rings is 3. The summed E-state index contributed by atoms with van der Waals surface area (Å²) in [5.41, 5.74) is 2.44. The number of para-hydroxylation sites is 1. The van der Waals surface area contributed by atoms with Crippen molar-refractivity contribution in [2.75, 3.05) is 5.32 Å². The van der Waals surface area contributed by atoms with Crippen LogP contribution >= 0.6 is 11.6 Å². The lowest BCUT2D eigenvalue weighted by Gasteiger charge is -2.07. The van der Waals surface area contributed by atoms with Gasteiger partial charge in [-0.15, -0.1) is 0 Å². The third kappa shape index (κ3) is 4.46. The standard InChI is InChI=1S/C20H15ClN2O2/c21-15-10-8-14(9-11-15)13-22-16-4-3-5-17(12-16)23-20(25)18-6-1-2-7-19(18)24/h1-13,24H,(H,23,25). The van der Waals surface area contributed by atoms with Gasteiger partial charge in [-0.3, -0.25) is 9.79 Å². The molecule has 0 saturated heterocycles. The van der Waals surface area contributed by atoms with Crippen LogP contribution in [0.3, 0.4) is 0 Å². The van der Waals surface area contributed by atoms with E-state index >= 15 is 0 Å². The first kappa shape index (κ1) is 16.7. The number of carbonyl (C=O) groups excluding carboxylic acids is 1. The zero-order valence-corrected chi connectivity index (χ0v) is 13.9. The van der Waals surface area contributed by atoms with E-state index in [1.807, 2.05) is 18.2 Å². The number of hydrogen-bond donors (Lipinski definition) is 2. The van der Waals surface area contributed by atoms with Gasteiger partial charge in [0, 0.05) is 16.9 Å². The van der Waals surface area contributed by atoms with Gasteiger partial charge >= 0.3 is 0 Å². The highest BCUT2D eigenvalue weighted by molar-refractivity contribution is 6.30. The van der Waals surface area contributed by atoms with Crippen molar-refractivity contribution in [2.45, 2.75) is 0 Å². The van der Waals surface area contributed by atoms with Crippen LogP contribution in [0.1, 0.15) is 15.9 Å². The van der Waals surface area contributed by atoms with Crippen molar-refractivity contribution in [1.29, 1.82) is 0 Å². The molecule has 3 rings (SSSR count). The van der Waals surface area contributed by atoms with Gasteiger partial charge in [0.05, 0.1) is 11.3 Å². The Bertz CT molecular complexity index is 921. The van der Waals surface area contributed by atoms with Crippen LogP contribution < -0.4 is 5.32 Å². The Morgan fingerprint density at radius 1 is 1.00 bits per heavy atom. The molecule has 0 aliphatic heterocycles. The monoisotopic (exact) mass is 350 g/mol. The molecule has 0 spiro atoms. The Morgan fingerprint density at radius 3 is 2.52 bits per heavy atom. The van der Waals surface area contributed by atoms with Crippen LogP contribution in [0.15, 0.2) is 77.8 Å². The average Bonchev–Trinajstić information content (AvgIpc) is 2.62. The molecule has 4 nitrogen and oxygen atoms in total. The topological polar surface area (TPSA) is 61.7 Å². The number of carbonyl (C=O) groups is 1. The molecule has 0 radical (unpaired) electrons. The second kappa shape index (κ2) is 7.64. The van der Waals surface area contributed by atoms with Crippen molar-refractivity contribution in [2.24, 2.45) is 4.99 Å². The molecule has 0 aliphatic rings. The van der Waals surface area contributed by atoms with Crippen molar-refractivity contribution in [3.63, 3.8) is 0 Å². The van der Waals surface area contributed by atoms with Crippen molar-refractivity contribution in [3.05, 3.63) is 88.9 Å². The van der Waals surface area contributed by atoms with Gasteiger partial charge in [0.2, 0.25) is 0 Å². The number of amides is 1. The zero-order valence-electron chi connectivity index (χ0n) is 13.2. The molecule has 25 heavy (non-hydrogen) atoms. The fraction of sp³-hybridized carbons (Fsp3) is 0. The Balaban J connectivity index is 1.74. The van der Waals surface area contributed by atoms with Crippen molar-refractivity contribution in [1.82, 2.24) is 0 Å². The Labute approximate surface area is 150 Å². The van der Waals surface area contributed by atoms with Gasteiger partial charge in [-0.05, 0) is 48.0 Å². The molecule has 0 bridgehead atoms. The first-order valence-corrected chi connectivity index (χ1v) is 7.99. The number of nitrogens with one attached hydrogen (secondary N) is 1. The molecule has 0 saturated carbocycles. The Hall–Kier alpha value is -3.11. The Morgan fingerprint density at radius 2 is 1.76 bits per heavy atom. The molecular weight excluding hydrogens is 336 g/mol. The second-order valence-corrected chi connectivity index (χ2v) is 5.77.